The van der Waals surface area contributed by atoms with Gasteiger partial charge in [-0.15, -0.1) is 23.2 Å². The summed E-state index contributed by atoms with van der Waals surface area (Å²) in [6.45, 7) is 1.30. The first-order valence-corrected chi connectivity index (χ1v) is 6.00. The van der Waals surface area contributed by atoms with Gasteiger partial charge in [-0.3, -0.25) is 0 Å². The number of alkyl halides is 2. The molecule has 0 aliphatic carbocycles. The van der Waals surface area contributed by atoms with Crippen LogP contribution in [0.1, 0.15) is 6.92 Å². The van der Waals surface area contributed by atoms with Gasteiger partial charge in [-0.25, -0.2) is 4.18 Å². The van der Waals surface area contributed by atoms with Gasteiger partial charge in [-0.1, -0.05) is 0 Å². The van der Waals surface area contributed by atoms with Crippen molar-refractivity contribution in [3.63, 3.8) is 0 Å². The molecule has 0 bridgehead atoms. The van der Waals surface area contributed by atoms with E-state index in [0.717, 1.165) is 0 Å². The van der Waals surface area contributed by atoms with Gasteiger partial charge < -0.3 is 0 Å². The smallest absolute Gasteiger partial charge is 0.247 e. The van der Waals surface area contributed by atoms with Crippen LogP contribution in [0.15, 0.2) is 0 Å². The second-order valence-electron chi connectivity index (χ2n) is 2.51. The molecule has 7 heteroatoms. The van der Waals surface area contributed by atoms with Crippen molar-refractivity contribution in [1.29, 1.82) is 5.26 Å². The summed E-state index contributed by atoms with van der Waals surface area (Å²) in [7, 11) is -3.75. The Kier molecular flexibility index (Phi) is 5.00. The number of nitrogens with zero attached hydrogens (tertiary/aromatic N) is 1. The minimum Gasteiger partial charge on any atom is -0.247 e. The monoisotopic (exact) mass is 245 g/mol. The first-order valence-electron chi connectivity index (χ1n) is 3.35. The van der Waals surface area contributed by atoms with E-state index >= 15 is 0 Å². The first kappa shape index (κ1) is 13.0. The molecule has 4 nitrogen and oxygen atoms in total. The summed E-state index contributed by atoms with van der Waals surface area (Å²) < 4.78 is 26.7. The normalized spacial score (nSPS) is 16.2. The van der Waals surface area contributed by atoms with Crippen molar-refractivity contribution in [3.05, 3.63) is 0 Å². The summed E-state index contributed by atoms with van der Waals surface area (Å²) in [6.07, 6.45) is 0. The fraction of sp³-hybridized carbons (Fsp3) is 0.833. The minimum atomic E-state index is -3.75. The Hall–Kier alpha value is -0.0200. The first-order chi connectivity index (χ1) is 5.89. The molecule has 76 valence electrons. The highest BCUT2D eigenvalue weighted by Gasteiger charge is 2.30. The number of rotatable bonds is 5. The summed E-state index contributed by atoms with van der Waals surface area (Å²) >= 11 is 10.6. The van der Waals surface area contributed by atoms with Gasteiger partial charge in [-0.05, 0) is 6.92 Å². The van der Waals surface area contributed by atoms with E-state index in [-0.39, 0.29) is 17.5 Å². The Morgan fingerprint density at radius 2 is 2.08 bits per heavy atom. The molecule has 0 spiro atoms. The zero-order chi connectivity index (χ0) is 10.5. The lowest BCUT2D eigenvalue weighted by Gasteiger charge is -2.17. The summed E-state index contributed by atoms with van der Waals surface area (Å²) in [5.74, 6) is -0.625. The van der Waals surface area contributed by atoms with Gasteiger partial charge in [-0.2, -0.15) is 13.7 Å². The largest absolute Gasteiger partial charge is 0.270 e. The molecule has 0 aromatic carbocycles. The lowest BCUT2D eigenvalue weighted by Crippen LogP contribution is -2.33. The molecule has 0 rings (SSSR count). The number of hydrogen-bond acceptors (Lipinski definition) is 4. The molecule has 0 aliphatic heterocycles. The third kappa shape index (κ3) is 4.67. The highest BCUT2D eigenvalue weighted by molar-refractivity contribution is 7.86. The van der Waals surface area contributed by atoms with Crippen LogP contribution in [-0.2, 0) is 14.3 Å². The Balaban J connectivity index is 4.52. The molecule has 0 aromatic heterocycles. The average Bonchev–Trinajstić information content (AvgIpc) is 2.03. The lowest BCUT2D eigenvalue weighted by molar-refractivity contribution is 0.182. The molecular formula is C6H9Cl2NO3S. The molecule has 0 amide bonds. The van der Waals surface area contributed by atoms with Crippen molar-refractivity contribution < 1.29 is 12.6 Å². The molecular weight excluding hydrogens is 237 g/mol. The van der Waals surface area contributed by atoms with Crippen LogP contribution in [0.2, 0.25) is 0 Å². The average molecular weight is 246 g/mol. The summed E-state index contributed by atoms with van der Waals surface area (Å²) in [5.41, 5.74) is -1.51. The topological polar surface area (TPSA) is 67.2 Å². The Morgan fingerprint density at radius 3 is 2.38 bits per heavy atom. The molecule has 0 fully saturated rings. The van der Waals surface area contributed by atoms with Crippen LogP contribution in [0.5, 0.6) is 0 Å². The second kappa shape index (κ2) is 5.01. The van der Waals surface area contributed by atoms with Gasteiger partial charge in [0, 0.05) is 5.88 Å². The van der Waals surface area contributed by atoms with Gasteiger partial charge in [0.1, 0.15) is 6.07 Å². The molecule has 13 heavy (non-hydrogen) atoms. The summed E-state index contributed by atoms with van der Waals surface area (Å²) in [5, 5.41) is 8.56. The number of nitriles is 1. The van der Waals surface area contributed by atoms with Crippen LogP contribution in [0.3, 0.4) is 0 Å². The predicted molar refractivity (Wildman–Crippen MR) is 50.3 cm³/mol. The maximum absolute atomic E-state index is 11.0. The van der Waals surface area contributed by atoms with Crippen molar-refractivity contribution >= 4 is 33.3 Å². The molecule has 0 aromatic rings. The van der Waals surface area contributed by atoms with Crippen LogP contribution in [0.25, 0.3) is 0 Å². The molecule has 0 saturated carbocycles. The van der Waals surface area contributed by atoms with Gasteiger partial charge in [0.15, 0.2) is 5.60 Å². The van der Waals surface area contributed by atoms with Crippen LogP contribution >= 0.6 is 23.2 Å². The van der Waals surface area contributed by atoms with Crippen molar-refractivity contribution in [2.24, 2.45) is 0 Å². The Morgan fingerprint density at radius 1 is 1.54 bits per heavy atom. The number of halogens is 2. The van der Waals surface area contributed by atoms with Crippen LogP contribution in [0, 0.1) is 11.3 Å². The highest BCUT2D eigenvalue weighted by Crippen LogP contribution is 2.15. The molecule has 1 atom stereocenters. The molecule has 0 saturated heterocycles. The fourth-order valence-corrected chi connectivity index (χ4v) is 2.16. The fourth-order valence-electron chi connectivity index (χ4n) is 0.487. The molecule has 0 radical (unpaired) electrons. The van der Waals surface area contributed by atoms with Gasteiger partial charge in [0.25, 0.3) is 10.1 Å². The Bertz CT molecular complexity index is 297. The van der Waals surface area contributed by atoms with Gasteiger partial charge in [0.05, 0.1) is 11.6 Å². The van der Waals surface area contributed by atoms with Gasteiger partial charge >= 0.3 is 0 Å². The zero-order valence-electron chi connectivity index (χ0n) is 6.96. The molecule has 0 aliphatic rings. The summed E-state index contributed by atoms with van der Waals surface area (Å²) in [4.78, 5) is 0. The van der Waals surface area contributed by atoms with E-state index in [2.05, 4.69) is 4.18 Å². The van der Waals surface area contributed by atoms with E-state index in [1.165, 1.54) is 6.92 Å². The third-order valence-electron chi connectivity index (χ3n) is 1.13. The van der Waals surface area contributed by atoms with E-state index in [4.69, 9.17) is 28.5 Å². The van der Waals surface area contributed by atoms with E-state index in [0.29, 0.717) is 0 Å². The van der Waals surface area contributed by atoms with Crippen molar-refractivity contribution in [2.45, 2.75) is 12.5 Å². The van der Waals surface area contributed by atoms with Crippen molar-refractivity contribution in [2.75, 3.05) is 17.5 Å². The molecule has 0 heterocycles. The Labute approximate surface area is 87.5 Å². The lowest BCUT2D eigenvalue weighted by atomic mass is 10.2. The summed E-state index contributed by atoms with van der Waals surface area (Å²) in [6, 6.07) is 1.67. The SMILES string of the molecule is CC(C#N)(CCl)OS(=O)(=O)CCCl. The van der Waals surface area contributed by atoms with Gasteiger partial charge in [0.2, 0.25) is 0 Å². The van der Waals surface area contributed by atoms with Crippen LogP contribution in [0.4, 0.5) is 0 Å². The van der Waals surface area contributed by atoms with Crippen molar-refractivity contribution in [1.82, 2.24) is 0 Å². The van der Waals surface area contributed by atoms with E-state index < -0.39 is 15.7 Å². The van der Waals surface area contributed by atoms with Crippen LogP contribution in [-0.4, -0.2) is 31.5 Å². The molecule has 0 N–H and O–H groups in total. The minimum absolute atomic E-state index is 0.0773. The maximum atomic E-state index is 11.0. The quantitative estimate of drug-likeness (QED) is 0.538. The second-order valence-corrected chi connectivity index (χ2v) is 4.85. The standard InChI is InChI=1S/C6H9Cl2NO3S/c1-6(4-8,5-9)12-13(10,11)3-2-7/h2-4H2,1H3. The van der Waals surface area contributed by atoms with E-state index in [1.54, 1.807) is 6.07 Å². The highest BCUT2D eigenvalue weighted by atomic mass is 35.5. The van der Waals surface area contributed by atoms with E-state index in [9.17, 15) is 8.42 Å². The molecule has 1 unspecified atom stereocenters. The van der Waals surface area contributed by atoms with Crippen molar-refractivity contribution in [3.8, 4) is 6.07 Å². The maximum Gasteiger partial charge on any atom is 0.270 e. The number of hydrogen-bond donors (Lipinski definition) is 0. The zero-order valence-corrected chi connectivity index (χ0v) is 9.29. The van der Waals surface area contributed by atoms with Crippen LogP contribution < -0.4 is 0 Å². The predicted octanol–water partition coefficient (Wildman–Crippen LogP) is 1.09. The van der Waals surface area contributed by atoms with E-state index in [1.807, 2.05) is 0 Å². The third-order valence-corrected chi connectivity index (χ3v) is 3.38.